The van der Waals surface area contributed by atoms with E-state index in [0.29, 0.717) is 0 Å². The van der Waals surface area contributed by atoms with Gasteiger partial charge in [-0.15, -0.1) is 0 Å². The van der Waals surface area contributed by atoms with Crippen molar-refractivity contribution in [2.75, 3.05) is 0 Å². The largest absolute Gasteiger partial charge is 0.788 e. The first-order valence-corrected chi connectivity index (χ1v) is 7.72. The Labute approximate surface area is 108 Å². The maximum Gasteiger partial charge on any atom is -0.00510 e. The van der Waals surface area contributed by atoms with E-state index in [1.54, 1.807) is 0 Å². The molecule has 0 saturated carbocycles. The molecule has 0 radical (unpaired) electrons. The zero-order chi connectivity index (χ0) is 12.8. The van der Waals surface area contributed by atoms with E-state index < -0.39 is 0 Å². The molecule has 0 saturated heterocycles. The summed E-state index contributed by atoms with van der Waals surface area (Å²) in [5.74, 6) is 0. The van der Waals surface area contributed by atoms with E-state index in [4.69, 9.17) is 0 Å². The highest BCUT2D eigenvalue weighted by Crippen LogP contribution is 2.13. The fraction of sp³-hybridized carbons (Fsp3) is 1.00. The summed E-state index contributed by atoms with van der Waals surface area (Å²) >= 11 is 0. The molecule has 2 nitrogen and oxygen atoms in total. The first-order chi connectivity index (χ1) is 8.35. The summed E-state index contributed by atoms with van der Waals surface area (Å²) in [7, 11) is 0. The van der Waals surface area contributed by atoms with Gasteiger partial charge in [-0.25, -0.2) is 0 Å². The second-order valence-electron chi connectivity index (χ2n) is 5.22. The Kier molecular flexibility index (Phi) is 13.9. The van der Waals surface area contributed by atoms with Gasteiger partial charge in [0.15, 0.2) is 0 Å². The van der Waals surface area contributed by atoms with E-state index >= 15 is 0 Å². The standard InChI is InChI=1S/C15H32NO/c1-3-5-7-9-11-13-15(16-17)14-12-10-8-6-4-2/h15-16H,3-14H2,1-2H3/q-1. The van der Waals surface area contributed by atoms with Crippen LogP contribution in [-0.2, 0) is 0 Å². The quantitative estimate of drug-likeness (QED) is 0.357. The van der Waals surface area contributed by atoms with Crippen LogP contribution in [0.15, 0.2) is 0 Å². The average Bonchev–Trinajstić information content (AvgIpc) is 2.36. The van der Waals surface area contributed by atoms with E-state index in [2.05, 4.69) is 19.3 Å². The molecule has 0 amide bonds. The molecule has 17 heavy (non-hydrogen) atoms. The van der Waals surface area contributed by atoms with E-state index in [0.717, 1.165) is 12.8 Å². The first kappa shape index (κ1) is 16.9. The highest BCUT2D eigenvalue weighted by Gasteiger charge is 2.03. The SMILES string of the molecule is CCCCCCCC(CCCCCCC)N[O-]. The van der Waals surface area contributed by atoms with Crippen LogP contribution in [0.3, 0.4) is 0 Å². The van der Waals surface area contributed by atoms with Crippen molar-refractivity contribution >= 4 is 0 Å². The molecule has 0 aromatic carbocycles. The predicted molar refractivity (Wildman–Crippen MR) is 77.0 cm³/mol. The number of hydrogen-bond acceptors (Lipinski definition) is 2. The van der Waals surface area contributed by atoms with Gasteiger partial charge in [-0.3, -0.25) is 0 Å². The molecule has 0 aliphatic carbocycles. The van der Waals surface area contributed by atoms with Crippen LogP contribution in [0.2, 0.25) is 0 Å². The van der Waals surface area contributed by atoms with E-state index in [9.17, 15) is 5.21 Å². The molecule has 0 aromatic heterocycles. The van der Waals surface area contributed by atoms with Gasteiger partial charge in [0, 0.05) is 0 Å². The fourth-order valence-corrected chi connectivity index (χ4v) is 2.25. The molecule has 0 heterocycles. The molecule has 0 spiro atoms. The van der Waals surface area contributed by atoms with Gasteiger partial charge in [0.25, 0.3) is 0 Å². The van der Waals surface area contributed by atoms with Crippen molar-refractivity contribution in [1.29, 1.82) is 0 Å². The van der Waals surface area contributed by atoms with Gasteiger partial charge < -0.3 is 10.7 Å². The van der Waals surface area contributed by atoms with Crippen LogP contribution in [0.4, 0.5) is 0 Å². The smallest absolute Gasteiger partial charge is 0.00510 e. The molecule has 0 unspecified atom stereocenters. The van der Waals surface area contributed by atoms with E-state index in [1.165, 1.54) is 64.2 Å². The summed E-state index contributed by atoms with van der Waals surface area (Å²) in [4.78, 5) is 0. The summed E-state index contributed by atoms with van der Waals surface area (Å²) in [5, 5.41) is 10.8. The normalized spacial score (nSPS) is 11.3. The van der Waals surface area contributed by atoms with Crippen LogP contribution >= 0.6 is 0 Å². The lowest BCUT2D eigenvalue weighted by molar-refractivity contribution is 0.449. The van der Waals surface area contributed by atoms with Crippen LogP contribution in [0, 0.1) is 5.21 Å². The van der Waals surface area contributed by atoms with Gasteiger partial charge in [-0.2, -0.15) is 0 Å². The first-order valence-electron chi connectivity index (χ1n) is 7.72. The lowest BCUT2D eigenvalue weighted by Crippen LogP contribution is -2.23. The monoisotopic (exact) mass is 242 g/mol. The summed E-state index contributed by atoms with van der Waals surface area (Å²) in [6.45, 7) is 4.47. The Morgan fingerprint density at radius 3 is 1.47 bits per heavy atom. The highest BCUT2D eigenvalue weighted by molar-refractivity contribution is 4.67. The molecule has 0 rings (SSSR count). The Hall–Kier alpha value is -0.0800. The maximum absolute atomic E-state index is 10.8. The molecule has 0 aliphatic heterocycles. The van der Waals surface area contributed by atoms with Crippen molar-refractivity contribution in [2.45, 2.75) is 96.9 Å². The lowest BCUT2D eigenvalue weighted by Gasteiger charge is -2.22. The van der Waals surface area contributed by atoms with Gasteiger partial charge in [0.1, 0.15) is 0 Å². The van der Waals surface area contributed by atoms with Crippen LogP contribution in [0.25, 0.3) is 0 Å². The van der Waals surface area contributed by atoms with Crippen molar-refractivity contribution < 1.29 is 0 Å². The Bertz CT molecular complexity index is 125. The minimum atomic E-state index is 0.221. The summed E-state index contributed by atoms with van der Waals surface area (Å²) in [5.41, 5.74) is 2.23. The third-order valence-electron chi connectivity index (χ3n) is 3.48. The molecule has 2 heteroatoms. The minimum absolute atomic E-state index is 0.221. The highest BCUT2D eigenvalue weighted by atomic mass is 16.5. The summed E-state index contributed by atoms with van der Waals surface area (Å²) in [6.07, 6.45) is 15.1. The second kappa shape index (κ2) is 14.0. The fourth-order valence-electron chi connectivity index (χ4n) is 2.25. The topological polar surface area (TPSA) is 35.1 Å². The van der Waals surface area contributed by atoms with Crippen molar-refractivity contribution in [1.82, 2.24) is 5.48 Å². The number of unbranched alkanes of at least 4 members (excludes halogenated alkanes) is 8. The third kappa shape index (κ3) is 12.2. The molecular weight excluding hydrogens is 210 g/mol. The zero-order valence-electron chi connectivity index (χ0n) is 12.0. The third-order valence-corrected chi connectivity index (χ3v) is 3.48. The van der Waals surface area contributed by atoms with Crippen LogP contribution in [0.5, 0.6) is 0 Å². The van der Waals surface area contributed by atoms with E-state index in [1.807, 2.05) is 0 Å². The molecule has 0 fully saturated rings. The minimum Gasteiger partial charge on any atom is -0.788 e. The van der Waals surface area contributed by atoms with Gasteiger partial charge in [0.05, 0.1) is 0 Å². The molecule has 0 bridgehead atoms. The van der Waals surface area contributed by atoms with Gasteiger partial charge in [0.2, 0.25) is 0 Å². The number of nitrogens with one attached hydrogen (secondary N) is 1. The van der Waals surface area contributed by atoms with Crippen LogP contribution in [0.1, 0.15) is 90.9 Å². The number of hydrogen-bond donors (Lipinski definition) is 1. The summed E-state index contributed by atoms with van der Waals surface area (Å²) < 4.78 is 0. The molecule has 1 N–H and O–H groups in total. The van der Waals surface area contributed by atoms with Crippen molar-refractivity contribution in [3.05, 3.63) is 5.21 Å². The Morgan fingerprint density at radius 2 is 1.12 bits per heavy atom. The number of hydroxylamine groups is 1. The van der Waals surface area contributed by atoms with Crippen LogP contribution < -0.4 is 5.48 Å². The maximum atomic E-state index is 10.8. The lowest BCUT2D eigenvalue weighted by atomic mass is 10.0. The molecule has 0 aliphatic rings. The average molecular weight is 242 g/mol. The molecule has 0 aromatic rings. The Balaban J connectivity index is 3.30. The molecular formula is C15H32NO-. The van der Waals surface area contributed by atoms with Crippen LogP contribution in [-0.4, -0.2) is 6.04 Å². The van der Waals surface area contributed by atoms with Gasteiger partial charge in [-0.05, 0) is 18.9 Å². The van der Waals surface area contributed by atoms with Gasteiger partial charge >= 0.3 is 0 Å². The van der Waals surface area contributed by atoms with Crippen molar-refractivity contribution in [3.8, 4) is 0 Å². The molecule has 104 valence electrons. The van der Waals surface area contributed by atoms with Crippen molar-refractivity contribution in [3.63, 3.8) is 0 Å². The number of rotatable bonds is 13. The van der Waals surface area contributed by atoms with E-state index in [-0.39, 0.29) is 6.04 Å². The van der Waals surface area contributed by atoms with Crippen molar-refractivity contribution in [2.24, 2.45) is 0 Å². The van der Waals surface area contributed by atoms with Gasteiger partial charge in [-0.1, -0.05) is 78.1 Å². The Morgan fingerprint density at radius 1 is 0.706 bits per heavy atom. The zero-order valence-corrected chi connectivity index (χ0v) is 12.0. The second-order valence-corrected chi connectivity index (χ2v) is 5.22. The molecule has 0 atom stereocenters. The summed E-state index contributed by atoms with van der Waals surface area (Å²) in [6, 6.07) is 0.221. The predicted octanol–water partition coefficient (Wildman–Crippen LogP) is 5.16.